The van der Waals surface area contributed by atoms with Crippen molar-refractivity contribution in [3.8, 4) is 0 Å². The Kier molecular flexibility index (Phi) is 2.84. The van der Waals surface area contributed by atoms with Gasteiger partial charge in [-0.2, -0.15) is 0 Å². The Morgan fingerprint density at radius 2 is 2.06 bits per heavy atom. The van der Waals surface area contributed by atoms with E-state index < -0.39 is 17.4 Å². The summed E-state index contributed by atoms with van der Waals surface area (Å²) in [5.74, 6) is 0. The van der Waals surface area contributed by atoms with Crippen LogP contribution in [0.2, 0.25) is 0 Å². The molecule has 0 aromatic heterocycles. The van der Waals surface area contributed by atoms with Crippen molar-refractivity contribution in [1.29, 1.82) is 0 Å². The lowest BCUT2D eigenvalue weighted by atomic mass is 9.77. The molecule has 1 saturated carbocycles. The van der Waals surface area contributed by atoms with E-state index in [-0.39, 0.29) is 0 Å². The zero-order valence-corrected chi connectivity index (χ0v) is 9.74. The number of aliphatic hydroxyl groups is 1. The van der Waals surface area contributed by atoms with Crippen LogP contribution in [-0.4, -0.2) is 40.5 Å². The molecule has 0 aromatic rings. The first-order valence-corrected chi connectivity index (χ1v) is 5.96. The second-order valence-corrected chi connectivity index (χ2v) is 4.88. The van der Waals surface area contributed by atoms with Crippen LogP contribution in [-0.2, 0) is 4.74 Å². The number of carbonyl (C=O) groups is 1. The first-order chi connectivity index (χ1) is 7.53. The molecule has 2 rings (SSSR count). The molecule has 1 amide bonds. The standard InChI is InChI=1S/C11H20N2O3/c1-10(15)11(5-3-2-4-6-11)16-9(14)13(10)8-7-12/h15H,2-8,12H2,1H3/t10-/m1/s1. The number of hydrogen-bond donors (Lipinski definition) is 2. The monoisotopic (exact) mass is 228 g/mol. The average molecular weight is 228 g/mol. The highest BCUT2D eigenvalue weighted by Gasteiger charge is 2.61. The summed E-state index contributed by atoms with van der Waals surface area (Å²) in [7, 11) is 0. The van der Waals surface area contributed by atoms with Crippen LogP contribution in [0.5, 0.6) is 0 Å². The van der Waals surface area contributed by atoms with E-state index in [2.05, 4.69) is 0 Å². The van der Waals surface area contributed by atoms with Crippen LogP contribution in [0.25, 0.3) is 0 Å². The van der Waals surface area contributed by atoms with Gasteiger partial charge in [0, 0.05) is 13.1 Å². The Labute approximate surface area is 95.5 Å². The fourth-order valence-electron chi connectivity index (χ4n) is 2.88. The molecule has 1 heterocycles. The number of carbonyl (C=O) groups excluding carboxylic acids is 1. The number of amides is 1. The summed E-state index contributed by atoms with van der Waals surface area (Å²) in [6.45, 7) is 2.34. The molecule has 3 N–H and O–H groups in total. The highest BCUT2D eigenvalue weighted by atomic mass is 16.6. The van der Waals surface area contributed by atoms with Gasteiger partial charge >= 0.3 is 6.09 Å². The molecule has 1 saturated heterocycles. The predicted octanol–water partition coefficient (Wildman–Crippen LogP) is 0.809. The molecular weight excluding hydrogens is 208 g/mol. The maximum Gasteiger partial charge on any atom is 0.412 e. The molecule has 16 heavy (non-hydrogen) atoms. The third-order valence-corrected chi connectivity index (χ3v) is 3.91. The van der Waals surface area contributed by atoms with Gasteiger partial charge in [0.05, 0.1) is 0 Å². The Bertz CT molecular complexity index is 285. The lowest BCUT2D eigenvalue weighted by molar-refractivity contribution is -0.158. The molecule has 2 aliphatic rings. The molecule has 1 atom stereocenters. The fourth-order valence-corrected chi connectivity index (χ4v) is 2.88. The molecule has 0 unspecified atom stereocenters. The molecule has 1 aliphatic carbocycles. The van der Waals surface area contributed by atoms with E-state index in [1.807, 2.05) is 0 Å². The zero-order chi connectivity index (χ0) is 11.8. The van der Waals surface area contributed by atoms with E-state index in [1.165, 1.54) is 4.90 Å². The van der Waals surface area contributed by atoms with Gasteiger partial charge in [-0.05, 0) is 32.6 Å². The van der Waals surface area contributed by atoms with Crippen LogP contribution in [0, 0.1) is 0 Å². The smallest absolute Gasteiger partial charge is 0.412 e. The number of hydrogen-bond acceptors (Lipinski definition) is 4. The predicted molar refractivity (Wildman–Crippen MR) is 58.7 cm³/mol. The summed E-state index contributed by atoms with van der Waals surface area (Å²) in [5.41, 5.74) is 3.52. The van der Waals surface area contributed by atoms with Crippen molar-refractivity contribution in [3.05, 3.63) is 0 Å². The van der Waals surface area contributed by atoms with E-state index in [0.29, 0.717) is 13.1 Å². The van der Waals surface area contributed by atoms with Crippen molar-refractivity contribution >= 4 is 6.09 Å². The van der Waals surface area contributed by atoms with E-state index in [9.17, 15) is 9.90 Å². The van der Waals surface area contributed by atoms with Crippen molar-refractivity contribution in [2.45, 2.75) is 50.4 Å². The van der Waals surface area contributed by atoms with Crippen LogP contribution in [0.1, 0.15) is 39.0 Å². The molecule has 1 spiro atoms. The first kappa shape index (κ1) is 11.7. The van der Waals surface area contributed by atoms with Crippen LogP contribution in [0.4, 0.5) is 4.79 Å². The Morgan fingerprint density at radius 3 is 2.62 bits per heavy atom. The minimum Gasteiger partial charge on any atom is -0.438 e. The van der Waals surface area contributed by atoms with Gasteiger partial charge in [0.1, 0.15) is 0 Å². The van der Waals surface area contributed by atoms with Gasteiger partial charge in [-0.3, -0.25) is 4.90 Å². The molecular formula is C11H20N2O3. The molecule has 5 heteroatoms. The van der Waals surface area contributed by atoms with Crippen LogP contribution in [0.15, 0.2) is 0 Å². The normalized spacial score (nSPS) is 33.2. The van der Waals surface area contributed by atoms with Crippen molar-refractivity contribution in [3.63, 3.8) is 0 Å². The number of ether oxygens (including phenoxy) is 1. The van der Waals surface area contributed by atoms with E-state index >= 15 is 0 Å². The molecule has 5 nitrogen and oxygen atoms in total. The quantitative estimate of drug-likeness (QED) is 0.733. The van der Waals surface area contributed by atoms with Crippen molar-refractivity contribution in [2.75, 3.05) is 13.1 Å². The number of nitrogens with two attached hydrogens (primary N) is 1. The highest BCUT2D eigenvalue weighted by molar-refractivity contribution is 5.72. The van der Waals surface area contributed by atoms with Crippen LogP contribution >= 0.6 is 0 Å². The van der Waals surface area contributed by atoms with Crippen molar-refractivity contribution in [2.24, 2.45) is 5.73 Å². The highest BCUT2D eigenvalue weighted by Crippen LogP contribution is 2.46. The lowest BCUT2D eigenvalue weighted by Crippen LogP contribution is -2.58. The molecule has 0 radical (unpaired) electrons. The lowest BCUT2D eigenvalue weighted by Gasteiger charge is -2.42. The third kappa shape index (κ3) is 1.50. The molecule has 0 aromatic carbocycles. The molecule has 92 valence electrons. The molecule has 2 fully saturated rings. The summed E-state index contributed by atoms with van der Waals surface area (Å²) in [6, 6.07) is 0. The summed E-state index contributed by atoms with van der Waals surface area (Å²) in [6.07, 6.45) is 4.20. The second kappa shape index (κ2) is 3.89. The third-order valence-electron chi connectivity index (χ3n) is 3.91. The van der Waals surface area contributed by atoms with Gasteiger partial charge < -0.3 is 15.6 Å². The summed E-state index contributed by atoms with van der Waals surface area (Å²) < 4.78 is 5.45. The second-order valence-electron chi connectivity index (χ2n) is 4.88. The van der Waals surface area contributed by atoms with Gasteiger partial charge in [0.15, 0.2) is 11.3 Å². The fraction of sp³-hybridized carbons (Fsp3) is 0.909. The zero-order valence-electron chi connectivity index (χ0n) is 9.74. The number of nitrogens with zero attached hydrogens (tertiary/aromatic N) is 1. The minimum absolute atomic E-state index is 0.335. The van der Waals surface area contributed by atoms with Gasteiger partial charge in [-0.25, -0.2) is 4.79 Å². The SMILES string of the molecule is C[C@]1(O)N(CCN)C(=O)OC12CCCCC2. The van der Waals surface area contributed by atoms with Gasteiger partial charge in [0.2, 0.25) is 0 Å². The minimum atomic E-state index is -1.22. The van der Waals surface area contributed by atoms with Crippen molar-refractivity contribution in [1.82, 2.24) is 4.90 Å². The van der Waals surface area contributed by atoms with E-state index in [1.54, 1.807) is 6.92 Å². The van der Waals surface area contributed by atoms with Crippen molar-refractivity contribution < 1.29 is 14.6 Å². The first-order valence-electron chi connectivity index (χ1n) is 5.96. The topological polar surface area (TPSA) is 75.8 Å². The molecule has 0 bridgehead atoms. The maximum absolute atomic E-state index is 11.7. The van der Waals surface area contributed by atoms with Gasteiger partial charge in [-0.15, -0.1) is 0 Å². The van der Waals surface area contributed by atoms with Gasteiger partial charge in [-0.1, -0.05) is 6.42 Å². The van der Waals surface area contributed by atoms with Crippen LogP contribution < -0.4 is 5.73 Å². The molecule has 1 aliphatic heterocycles. The van der Waals surface area contributed by atoms with E-state index in [0.717, 1.165) is 32.1 Å². The Balaban J connectivity index is 2.25. The summed E-state index contributed by atoms with van der Waals surface area (Å²) >= 11 is 0. The maximum atomic E-state index is 11.7. The average Bonchev–Trinajstić information content (AvgIpc) is 2.41. The number of rotatable bonds is 2. The summed E-state index contributed by atoms with van der Waals surface area (Å²) in [5, 5.41) is 10.6. The van der Waals surface area contributed by atoms with Gasteiger partial charge in [0.25, 0.3) is 0 Å². The van der Waals surface area contributed by atoms with E-state index in [4.69, 9.17) is 10.5 Å². The largest absolute Gasteiger partial charge is 0.438 e. The summed E-state index contributed by atoms with van der Waals surface area (Å²) in [4.78, 5) is 13.1. The van der Waals surface area contributed by atoms with Crippen LogP contribution in [0.3, 0.4) is 0 Å². The Morgan fingerprint density at radius 1 is 1.44 bits per heavy atom. The Hall–Kier alpha value is -0.810.